The lowest BCUT2D eigenvalue weighted by Crippen LogP contribution is -2.21. The summed E-state index contributed by atoms with van der Waals surface area (Å²) in [4.78, 5) is 0. The van der Waals surface area contributed by atoms with Gasteiger partial charge in [0.2, 0.25) is 0 Å². The van der Waals surface area contributed by atoms with E-state index < -0.39 is 0 Å². The summed E-state index contributed by atoms with van der Waals surface area (Å²) in [6, 6.07) is 2.41. The van der Waals surface area contributed by atoms with Gasteiger partial charge in [-0.15, -0.1) is 0 Å². The van der Waals surface area contributed by atoms with Crippen molar-refractivity contribution in [3.8, 4) is 6.07 Å². The van der Waals surface area contributed by atoms with Gasteiger partial charge in [-0.05, 0) is 19.3 Å². The van der Waals surface area contributed by atoms with Crippen LogP contribution in [0.1, 0.15) is 39.0 Å². The van der Waals surface area contributed by atoms with E-state index in [1.54, 1.807) is 0 Å². The zero-order chi connectivity index (χ0) is 7.45. The molecule has 1 nitrogen and oxygen atoms in total. The molecule has 0 heterocycles. The zero-order valence-corrected chi connectivity index (χ0v) is 6.56. The maximum atomic E-state index is 8.86. The van der Waals surface area contributed by atoms with Crippen LogP contribution >= 0.6 is 0 Å². The quantitative estimate of drug-likeness (QED) is 0.543. The van der Waals surface area contributed by atoms with Gasteiger partial charge in [-0.2, -0.15) is 5.26 Å². The van der Waals surface area contributed by atoms with Gasteiger partial charge < -0.3 is 0 Å². The van der Waals surface area contributed by atoms with Crippen LogP contribution in [0.5, 0.6) is 0 Å². The number of rotatable bonds is 1. The Morgan fingerprint density at radius 3 is 2.20 bits per heavy atom. The Balaban J connectivity index is 2.55. The van der Waals surface area contributed by atoms with Crippen LogP contribution in [0.25, 0.3) is 0 Å². The predicted octanol–water partition coefficient (Wildman–Crippen LogP) is 2.68. The standard InChI is InChI=1S/C9H14N/c1-2-9(8-10)6-4-3-5-7-9/h2H,3-7H2,1H3. The van der Waals surface area contributed by atoms with E-state index >= 15 is 0 Å². The number of hydrogen-bond donors (Lipinski definition) is 0. The Labute approximate surface area is 63.0 Å². The Bertz CT molecular complexity index is 137. The minimum Gasteiger partial charge on any atom is -0.198 e. The molecule has 1 aliphatic carbocycles. The molecule has 0 bridgehead atoms. The number of nitriles is 1. The van der Waals surface area contributed by atoms with E-state index in [0.29, 0.717) is 0 Å². The first-order valence-electron chi connectivity index (χ1n) is 4.05. The van der Waals surface area contributed by atoms with E-state index in [1.807, 2.05) is 6.92 Å². The molecule has 0 aromatic rings. The highest BCUT2D eigenvalue weighted by Crippen LogP contribution is 2.37. The van der Waals surface area contributed by atoms with Crippen molar-refractivity contribution in [2.45, 2.75) is 39.0 Å². The van der Waals surface area contributed by atoms with Gasteiger partial charge >= 0.3 is 0 Å². The Morgan fingerprint density at radius 1 is 1.30 bits per heavy atom. The molecule has 1 heteroatoms. The Hall–Kier alpha value is -0.510. The summed E-state index contributed by atoms with van der Waals surface area (Å²) in [7, 11) is 0. The highest BCUT2D eigenvalue weighted by atomic mass is 14.4. The predicted molar refractivity (Wildman–Crippen MR) is 41.1 cm³/mol. The van der Waals surface area contributed by atoms with Crippen LogP contribution in [-0.2, 0) is 0 Å². The summed E-state index contributed by atoms with van der Waals surface area (Å²) >= 11 is 0. The zero-order valence-electron chi connectivity index (χ0n) is 6.56. The average Bonchev–Trinajstić information content (AvgIpc) is 2.06. The maximum Gasteiger partial charge on any atom is 0.0692 e. The Kier molecular flexibility index (Phi) is 2.32. The van der Waals surface area contributed by atoms with Gasteiger partial charge in [0, 0.05) is 0 Å². The second kappa shape index (κ2) is 3.05. The molecule has 0 aromatic carbocycles. The first kappa shape index (κ1) is 7.60. The van der Waals surface area contributed by atoms with Crippen LogP contribution in [-0.4, -0.2) is 0 Å². The molecule has 55 valence electrons. The van der Waals surface area contributed by atoms with E-state index in [4.69, 9.17) is 5.26 Å². The van der Waals surface area contributed by atoms with Gasteiger partial charge in [0.15, 0.2) is 0 Å². The third-order valence-corrected chi connectivity index (χ3v) is 2.52. The van der Waals surface area contributed by atoms with Gasteiger partial charge in [-0.1, -0.05) is 26.2 Å². The summed E-state index contributed by atoms with van der Waals surface area (Å²) in [5.41, 5.74) is -0.0573. The summed E-state index contributed by atoms with van der Waals surface area (Å²) < 4.78 is 0. The fourth-order valence-corrected chi connectivity index (χ4v) is 1.65. The third kappa shape index (κ3) is 1.31. The van der Waals surface area contributed by atoms with Crippen molar-refractivity contribution in [1.29, 1.82) is 5.26 Å². The van der Waals surface area contributed by atoms with Crippen LogP contribution in [0.15, 0.2) is 0 Å². The molecule has 0 saturated heterocycles. The van der Waals surface area contributed by atoms with E-state index in [-0.39, 0.29) is 5.41 Å². The molecule has 1 saturated carbocycles. The minimum absolute atomic E-state index is 0.0573. The molecular formula is C9H14N. The summed E-state index contributed by atoms with van der Waals surface area (Å²) in [5.74, 6) is 0. The largest absolute Gasteiger partial charge is 0.198 e. The van der Waals surface area contributed by atoms with E-state index in [2.05, 4.69) is 12.5 Å². The maximum absolute atomic E-state index is 8.86. The van der Waals surface area contributed by atoms with Crippen molar-refractivity contribution in [2.24, 2.45) is 5.41 Å². The molecule has 1 rings (SSSR count). The number of nitrogens with zero attached hydrogens (tertiary/aromatic N) is 1. The molecule has 0 N–H and O–H groups in total. The molecular weight excluding hydrogens is 122 g/mol. The van der Waals surface area contributed by atoms with Crippen molar-refractivity contribution < 1.29 is 0 Å². The lowest BCUT2D eigenvalue weighted by molar-refractivity contribution is 0.313. The van der Waals surface area contributed by atoms with Gasteiger partial charge in [-0.3, -0.25) is 0 Å². The lowest BCUT2D eigenvalue weighted by atomic mass is 9.73. The molecule has 0 spiro atoms. The third-order valence-electron chi connectivity index (χ3n) is 2.52. The minimum atomic E-state index is -0.0573. The normalized spacial score (nSPS) is 23.6. The topological polar surface area (TPSA) is 23.8 Å². The molecule has 0 aromatic heterocycles. The summed E-state index contributed by atoms with van der Waals surface area (Å²) in [6.45, 7) is 2.01. The fraction of sp³-hybridized carbons (Fsp3) is 0.778. The van der Waals surface area contributed by atoms with Gasteiger partial charge in [0.1, 0.15) is 0 Å². The highest BCUT2D eigenvalue weighted by molar-refractivity contribution is 5.07. The molecule has 10 heavy (non-hydrogen) atoms. The van der Waals surface area contributed by atoms with Crippen LogP contribution < -0.4 is 0 Å². The van der Waals surface area contributed by atoms with Crippen LogP contribution in [0.2, 0.25) is 0 Å². The van der Waals surface area contributed by atoms with E-state index in [9.17, 15) is 0 Å². The molecule has 0 unspecified atom stereocenters. The monoisotopic (exact) mass is 136 g/mol. The van der Waals surface area contributed by atoms with Crippen LogP contribution in [0, 0.1) is 23.2 Å². The van der Waals surface area contributed by atoms with Crippen molar-refractivity contribution in [3.05, 3.63) is 6.42 Å². The molecule has 1 fully saturated rings. The summed E-state index contributed by atoms with van der Waals surface area (Å²) in [5, 5.41) is 8.86. The molecule has 1 aliphatic rings. The highest BCUT2D eigenvalue weighted by Gasteiger charge is 2.29. The van der Waals surface area contributed by atoms with Crippen molar-refractivity contribution >= 4 is 0 Å². The van der Waals surface area contributed by atoms with E-state index in [1.165, 1.54) is 19.3 Å². The molecule has 0 atom stereocenters. The van der Waals surface area contributed by atoms with Crippen molar-refractivity contribution in [3.63, 3.8) is 0 Å². The number of hydrogen-bond acceptors (Lipinski definition) is 1. The smallest absolute Gasteiger partial charge is 0.0692 e. The Morgan fingerprint density at radius 2 is 1.90 bits per heavy atom. The van der Waals surface area contributed by atoms with Crippen LogP contribution in [0.3, 0.4) is 0 Å². The lowest BCUT2D eigenvalue weighted by Gasteiger charge is -2.28. The molecule has 1 radical (unpaired) electrons. The average molecular weight is 136 g/mol. The SMILES string of the molecule is C[CH]C1(C#N)CCCCC1. The first-order valence-corrected chi connectivity index (χ1v) is 4.05. The summed E-state index contributed by atoms with van der Waals surface area (Å²) in [6.07, 6.45) is 8.03. The first-order chi connectivity index (χ1) is 4.83. The van der Waals surface area contributed by atoms with E-state index in [0.717, 1.165) is 12.8 Å². The van der Waals surface area contributed by atoms with Crippen molar-refractivity contribution in [2.75, 3.05) is 0 Å². The van der Waals surface area contributed by atoms with Gasteiger partial charge in [-0.25, -0.2) is 0 Å². The second-order valence-electron chi connectivity index (χ2n) is 3.12. The second-order valence-corrected chi connectivity index (χ2v) is 3.12. The van der Waals surface area contributed by atoms with Crippen LogP contribution in [0.4, 0.5) is 0 Å². The fourth-order valence-electron chi connectivity index (χ4n) is 1.65. The van der Waals surface area contributed by atoms with Gasteiger partial charge in [0.05, 0.1) is 11.5 Å². The molecule has 0 amide bonds. The molecule has 0 aliphatic heterocycles. The van der Waals surface area contributed by atoms with Gasteiger partial charge in [0.25, 0.3) is 0 Å². The van der Waals surface area contributed by atoms with Crippen molar-refractivity contribution in [1.82, 2.24) is 0 Å².